The van der Waals surface area contributed by atoms with E-state index in [1.807, 2.05) is 12.1 Å². The Labute approximate surface area is 106 Å². The van der Waals surface area contributed by atoms with Crippen molar-refractivity contribution in [1.82, 2.24) is 5.32 Å². The summed E-state index contributed by atoms with van der Waals surface area (Å²) in [6, 6.07) is 7.54. The molecule has 18 heavy (non-hydrogen) atoms. The van der Waals surface area contributed by atoms with Crippen LogP contribution in [0.5, 0.6) is 5.75 Å². The van der Waals surface area contributed by atoms with Crippen molar-refractivity contribution < 1.29 is 14.6 Å². The molecule has 0 spiro atoms. The molecule has 0 atom stereocenters. The molecular weight excluding hydrogens is 232 g/mol. The van der Waals surface area contributed by atoms with Gasteiger partial charge in [0, 0.05) is 6.04 Å². The molecule has 0 radical (unpaired) electrons. The minimum atomic E-state index is -0.209. The Morgan fingerprint density at radius 3 is 2.83 bits per heavy atom. The molecule has 1 aliphatic carbocycles. The summed E-state index contributed by atoms with van der Waals surface area (Å²) in [7, 11) is 1.57. The summed E-state index contributed by atoms with van der Waals surface area (Å²) in [6.45, 7) is 0.245. The monoisotopic (exact) mass is 250 g/mol. The van der Waals surface area contributed by atoms with Crippen LogP contribution in [0.25, 0.3) is 0 Å². The van der Waals surface area contributed by atoms with E-state index in [0.717, 1.165) is 12.8 Å². The summed E-state index contributed by atoms with van der Waals surface area (Å²) in [5.74, 6) is 0.533. The van der Waals surface area contributed by atoms with Gasteiger partial charge in [0.25, 0.3) is 0 Å². The van der Waals surface area contributed by atoms with Crippen molar-refractivity contribution in [3.8, 4) is 5.75 Å². The van der Waals surface area contributed by atoms with Crippen molar-refractivity contribution in [3.05, 3.63) is 24.3 Å². The Bertz CT molecular complexity index is 416. The lowest BCUT2D eigenvalue weighted by atomic mass is 9.89. The Morgan fingerprint density at radius 2 is 2.17 bits per heavy atom. The topological polar surface area (TPSA) is 70.6 Å². The van der Waals surface area contributed by atoms with Crippen LogP contribution in [0.1, 0.15) is 12.8 Å². The lowest BCUT2D eigenvalue weighted by Crippen LogP contribution is -2.46. The van der Waals surface area contributed by atoms with E-state index in [0.29, 0.717) is 11.4 Å². The van der Waals surface area contributed by atoms with Gasteiger partial charge in [0.2, 0.25) is 5.91 Å². The molecule has 0 heterocycles. The Hall–Kier alpha value is -1.59. The molecule has 1 aromatic rings. The maximum atomic E-state index is 11.7. The Morgan fingerprint density at radius 1 is 1.44 bits per heavy atom. The van der Waals surface area contributed by atoms with Crippen LogP contribution in [0.2, 0.25) is 0 Å². The van der Waals surface area contributed by atoms with E-state index in [1.165, 1.54) is 0 Å². The zero-order valence-electron chi connectivity index (χ0n) is 10.3. The third-order valence-corrected chi connectivity index (χ3v) is 3.05. The van der Waals surface area contributed by atoms with Gasteiger partial charge in [-0.05, 0) is 25.0 Å². The number of para-hydroxylation sites is 2. The molecule has 5 heteroatoms. The van der Waals surface area contributed by atoms with Crippen molar-refractivity contribution in [1.29, 1.82) is 0 Å². The van der Waals surface area contributed by atoms with Crippen LogP contribution in [0, 0.1) is 0 Å². The standard InChI is InChI=1S/C13H18N2O3/c1-18-12-5-3-2-4-11(12)15-13(17)8-14-9-6-10(16)7-9/h2-5,9-10,14,16H,6-8H2,1H3,(H,15,17). The molecule has 0 aromatic heterocycles. The first-order valence-corrected chi connectivity index (χ1v) is 6.03. The van der Waals surface area contributed by atoms with Gasteiger partial charge in [-0.3, -0.25) is 4.79 Å². The number of aliphatic hydroxyl groups excluding tert-OH is 1. The molecule has 1 amide bonds. The molecule has 3 N–H and O–H groups in total. The molecule has 1 aliphatic rings. The van der Waals surface area contributed by atoms with Crippen molar-refractivity contribution in [3.63, 3.8) is 0 Å². The van der Waals surface area contributed by atoms with Crippen LogP contribution < -0.4 is 15.4 Å². The van der Waals surface area contributed by atoms with Crippen molar-refractivity contribution in [2.24, 2.45) is 0 Å². The Balaban J connectivity index is 1.79. The number of hydrogen-bond acceptors (Lipinski definition) is 4. The number of ether oxygens (including phenoxy) is 1. The molecular formula is C13H18N2O3. The van der Waals surface area contributed by atoms with Gasteiger partial charge in [-0.15, -0.1) is 0 Å². The number of aliphatic hydroxyl groups is 1. The highest BCUT2D eigenvalue weighted by molar-refractivity contribution is 5.93. The molecule has 5 nitrogen and oxygen atoms in total. The largest absolute Gasteiger partial charge is 0.495 e. The summed E-state index contributed by atoms with van der Waals surface area (Å²) in [4.78, 5) is 11.7. The SMILES string of the molecule is COc1ccccc1NC(=O)CNC1CC(O)C1. The smallest absolute Gasteiger partial charge is 0.238 e. The lowest BCUT2D eigenvalue weighted by molar-refractivity contribution is -0.115. The van der Waals surface area contributed by atoms with Gasteiger partial charge < -0.3 is 20.5 Å². The maximum absolute atomic E-state index is 11.7. The van der Waals surface area contributed by atoms with Crippen molar-refractivity contribution >= 4 is 11.6 Å². The van der Waals surface area contributed by atoms with Crippen LogP contribution >= 0.6 is 0 Å². The summed E-state index contributed by atoms with van der Waals surface area (Å²) < 4.78 is 5.15. The zero-order valence-corrected chi connectivity index (χ0v) is 10.3. The fourth-order valence-corrected chi connectivity index (χ4v) is 1.93. The second-order valence-corrected chi connectivity index (χ2v) is 4.45. The van der Waals surface area contributed by atoms with Gasteiger partial charge in [0.15, 0.2) is 0 Å². The average molecular weight is 250 g/mol. The predicted octanol–water partition coefficient (Wildman–Crippen LogP) is 0.747. The summed E-state index contributed by atoms with van der Waals surface area (Å²) in [5, 5.41) is 15.0. The number of benzene rings is 1. The highest BCUT2D eigenvalue weighted by Crippen LogP contribution is 2.23. The van der Waals surface area contributed by atoms with Gasteiger partial charge in [-0.1, -0.05) is 12.1 Å². The molecule has 0 aliphatic heterocycles. The molecule has 1 fully saturated rings. The maximum Gasteiger partial charge on any atom is 0.238 e. The van der Waals surface area contributed by atoms with E-state index in [9.17, 15) is 4.79 Å². The Kier molecular flexibility index (Phi) is 4.17. The third kappa shape index (κ3) is 3.21. The molecule has 1 aromatic carbocycles. The van der Waals surface area contributed by atoms with E-state index in [-0.39, 0.29) is 24.6 Å². The average Bonchev–Trinajstić information content (AvgIpc) is 2.34. The fourth-order valence-electron chi connectivity index (χ4n) is 1.93. The molecule has 98 valence electrons. The zero-order chi connectivity index (χ0) is 13.0. The first kappa shape index (κ1) is 12.9. The predicted molar refractivity (Wildman–Crippen MR) is 68.7 cm³/mol. The van der Waals surface area contributed by atoms with E-state index < -0.39 is 0 Å². The summed E-state index contributed by atoms with van der Waals surface area (Å²) in [5.41, 5.74) is 0.667. The highest BCUT2D eigenvalue weighted by atomic mass is 16.5. The van der Waals surface area contributed by atoms with Gasteiger partial charge in [-0.2, -0.15) is 0 Å². The number of methoxy groups -OCH3 is 1. The fraction of sp³-hybridized carbons (Fsp3) is 0.462. The summed E-state index contributed by atoms with van der Waals surface area (Å²) in [6.07, 6.45) is 1.24. The van der Waals surface area contributed by atoms with E-state index in [2.05, 4.69) is 10.6 Å². The van der Waals surface area contributed by atoms with Crippen LogP contribution in [-0.4, -0.2) is 36.8 Å². The van der Waals surface area contributed by atoms with Gasteiger partial charge in [-0.25, -0.2) is 0 Å². The summed E-state index contributed by atoms with van der Waals surface area (Å²) >= 11 is 0. The molecule has 0 bridgehead atoms. The first-order valence-electron chi connectivity index (χ1n) is 6.03. The van der Waals surface area contributed by atoms with Crippen LogP contribution in [0.3, 0.4) is 0 Å². The minimum absolute atomic E-state index is 0.110. The number of amides is 1. The van der Waals surface area contributed by atoms with Crippen molar-refractivity contribution in [2.45, 2.75) is 25.0 Å². The number of anilines is 1. The molecule has 1 saturated carbocycles. The van der Waals surface area contributed by atoms with E-state index in [1.54, 1.807) is 19.2 Å². The minimum Gasteiger partial charge on any atom is -0.495 e. The van der Waals surface area contributed by atoms with E-state index >= 15 is 0 Å². The number of hydrogen-bond donors (Lipinski definition) is 3. The van der Waals surface area contributed by atoms with Gasteiger partial charge in [0.1, 0.15) is 5.75 Å². The van der Waals surface area contributed by atoms with Crippen molar-refractivity contribution in [2.75, 3.05) is 19.0 Å². The molecule has 0 unspecified atom stereocenters. The van der Waals surface area contributed by atoms with Gasteiger partial charge in [0.05, 0.1) is 25.4 Å². The quantitative estimate of drug-likeness (QED) is 0.721. The van der Waals surface area contributed by atoms with Gasteiger partial charge >= 0.3 is 0 Å². The first-order chi connectivity index (χ1) is 8.69. The normalized spacial score (nSPS) is 22.1. The number of carbonyl (C=O) groups is 1. The highest BCUT2D eigenvalue weighted by Gasteiger charge is 2.26. The van der Waals surface area contributed by atoms with Crippen LogP contribution in [-0.2, 0) is 4.79 Å². The van der Waals surface area contributed by atoms with E-state index in [4.69, 9.17) is 9.84 Å². The lowest BCUT2D eigenvalue weighted by Gasteiger charge is -2.31. The molecule has 0 saturated heterocycles. The number of carbonyl (C=O) groups excluding carboxylic acids is 1. The number of nitrogens with one attached hydrogen (secondary N) is 2. The number of rotatable bonds is 5. The third-order valence-electron chi connectivity index (χ3n) is 3.05. The molecule has 2 rings (SSSR count). The van der Waals surface area contributed by atoms with Crippen LogP contribution in [0.4, 0.5) is 5.69 Å². The van der Waals surface area contributed by atoms with Crippen LogP contribution in [0.15, 0.2) is 24.3 Å². The second-order valence-electron chi connectivity index (χ2n) is 4.45. The second kappa shape index (κ2) is 5.84.